The predicted octanol–water partition coefficient (Wildman–Crippen LogP) is 7.35. The quantitative estimate of drug-likeness (QED) is 0.184. The first-order valence-corrected chi connectivity index (χ1v) is 21.4. The minimum atomic E-state index is -1.14. The van der Waals surface area contributed by atoms with Crippen molar-refractivity contribution >= 4 is 11.6 Å². The second-order valence-electron chi connectivity index (χ2n) is 18.4. The van der Waals surface area contributed by atoms with E-state index in [4.69, 9.17) is 28.4 Å². The van der Waals surface area contributed by atoms with E-state index in [0.717, 1.165) is 25.7 Å². The molecule has 5 aliphatic heterocycles. The number of aliphatic hydroxyl groups is 2. The summed E-state index contributed by atoms with van der Waals surface area (Å²) in [5.41, 5.74) is -1.51. The topological polar surface area (TPSA) is 130 Å². The molecule has 5 heterocycles. The SMILES string of the molecule is CC[C@@H](C(=O)[C@@H](C)[C@@H](O)[C@H](C)[C@@H]1O[C@@H]([C@@H](CC)C(C)=O)CC[C@@H]1C)[C@H]1O[C@]2(C=C[C@@H](OC)[C@]3(CC[C@@](C)([C@H]4CC[C@](O)(CC)[C@H](C)O4)O3)O2)[C@H](C)C[C@@H]1C. The first kappa shape index (κ1) is 43.9. The highest BCUT2D eigenvalue weighted by Gasteiger charge is 2.63. The maximum atomic E-state index is 14.5. The molecule has 0 radical (unpaired) electrons. The Morgan fingerprint density at radius 1 is 0.907 bits per heavy atom. The smallest absolute Gasteiger partial charge is 0.202 e. The van der Waals surface area contributed by atoms with Gasteiger partial charge in [0.15, 0.2) is 5.79 Å². The molecule has 0 bridgehead atoms. The summed E-state index contributed by atoms with van der Waals surface area (Å²) in [5.74, 6) is -3.46. The zero-order valence-corrected chi connectivity index (χ0v) is 35.5. The number of ketones is 2. The highest BCUT2D eigenvalue weighted by Crippen LogP contribution is 2.54. The van der Waals surface area contributed by atoms with Crippen LogP contribution in [0.1, 0.15) is 140 Å². The number of carbonyl (C=O) groups excluding carboxylic acids is 2. The molecule has 0 aromatic rings. The standard InChI is InChI=1S/C44H74O10/c1-13-32(30(9)45)34-17-16-25(4)39(51-34)29(8)37(46)28(7)38(47)33(14-2)40-26(5)24-27(6)43(52-40)21-19-36(49-12)44(54-43)23-22-41(11,53-44)35-18-20-42(48,15-3)31(10)50-35/h19,21,25-29,31-37,39-40,46,48H,13-18,20,22-24H2,1-12H3/t25-,26-,27+,28-,29-,31-,32-,33-,34+,35+,36+,37+,39+,40-,41-,42+,43-,44-/m0/s1. The zero-order chi connectivity index (χ0) is 40.0. The Bertz CT molecular complexity index is 1340. The summed E-state index contributed by atoms with van der Waals surface area (Å²) >= 11 is 0. The van der Waals surface area contributed by atoms with Crippen molar-refractivity contribution in [2.24, 2.45) is 41.4 Å². The van der Waals surface area contributed by atoms with Crippen LogP contribution in [0, 0.1) is 41.4 Å². The molecule has 10 heteroatoms. The van der Waals surface area contributed by atoms with Gasteiger partial charge in [-0.3, -0.25) is 9.59 Å². The molecule has 2 N–H and O–H groups in total. The van der Waals surface area contributed by atoms with Crippen molar-refractivity contribution in [1.29, 1.82) is 0 Å². The van der Waals surface area contributed by atoms with Crippen LogP contribution in [0.4, 0.5) is 0 Å². The maximum absolute atomic E-state index is 14.5. The summed E-state index contributed by atoms with van der Waals surface area (Å²) in [4.78, 5) is 26.9. The Kier molecular flexibility index (Phi) is 13.8. The fourth-order valence-corrected chi connectivity index (χ4v) is 11.0. The van der Waals surface area contributed by atoms with Gasteiger partial charge in [-0.05, 0) is 103 Å². The molecule has 310 valence electrons. The lowest BCUT2D eigenvalue weighted by atomic mass is 9.72. The third-order valence-corrected chi connectivity index (χ3v) is 14.9. The number of hydrogen-bond acceptors (Lipinski definition) is 10. The lowest BCUT2D eigenvalue weighted by Crippen LogP contribution is -2.63. The van der Waals surface area contributed by atoms with Crippen molar-refractivity contribution in [3.8, 4) is 0 Å². The largest absolute Gasteiger partial charge is 0.392 e. The van der Waals surface area contributed by atoms with Crippen LogP contribution in [0.3, 0.4) is 0 Å². The molecule has 0 aromatic heterocycles. The maximum Gasteiger partial charge on any atom is 0.202 e. The minimum absolute atomic E-state index is 0.0156. The molecule has 18 atom stereocenters. The fourth-order valence-electron chi connectivity index (χ4n) is 11.0. The monoisotopic (exact) mass is 763 g/mol. The van der Waals surface area contributed by atoms with E-state index < -0.39 is 52.9 Å². The molecule has 54 heavy (non-hydrogen) atoms. The molecule has 0 aliphatic carbocycles. The lowest BCUT2D eigenvalue weighted by Gasteiger charge is -2.54. The van der Waals surface area contributed by atoms with Crippen molar-refractivity contribution in [1.82, 2.24) is 0 Å². The summed E-state index contributed by atoms with van der Waals surface area (Å²) in [6.45, 7) is 21.9. The van der Waals surface area contributed by atoms with Gasteiger partial charge in [0, 0.05) is 43.1 Å². The molecule has 10 nitrogen and oxygen atoms in total. The van der Waals surface area contributed by atoms with Crippen LogP contribution in [0.2, 0.25) is 0 Å². The molecule has 0 amide bonds. The van der Waals surface area contributed by atoms with E-state index >= 15 is 0 Å². The minimum Gasteiger partial charge on any atom is -0.392 e. The first-order valence-electron chi connectivity index (χ1n) is 21.4. The fraction of sp³-hybridized carbons (Fsp3) is 0.909. The van der Waals surface area contributed by atoms with Crippen LogP contribution in [0.15, 0.2) is 12.2 Å². The molecule has 0 unspecified atom stereocenters. The van der Waals surface area contributed by atoms with Crippen LogP contribution >= 0.6 is 0 Å². The third-order valence-electron chi connectivity index (χ3n) is 14.9. The van der Waals surface area contributed by atoms with Crippen LogP contribution < -0.4 is 0 Å². The number of Topliss-reactive ketones (excluding diaryl/α,β-unsaturated/α-hetero) is 2. The van der Waals surface area contributed by atoms with Crippen molar-refractivity contribution in [3.63, 3.8) is 0 Å². The normalized spacial score (nSPS) is 45.6. The van der Waals surface area contributed by atoms with E-state index in [1.807, 2.05) is 53.7 Å². The van der Waals surface area contributed by atoms with Crippen LogP contribution in [-0.4, -0.2) is 94.4 Å². The van der Waals surface area contributed by atoms with E-state index in [-0.39, 0.29) is 65.6 Å². The van der Waals surface area contributed by atoms with Crippen molar-refractivity contribution in [2.75, 3.05) is 7.11 Å². The highest BCUT2D eigenvalue weighted by molar-refractivity contribution is 5.84. The van der Waals surface area contributed by atoms with Crippen molar-refractivity contribution in [3.05, 3.63) is 12.2 Å². The van der Waals surface area contributed by atoms with Crippen LogP contribution in [0.25, 0.3) is 0 Å². The summed E-state index contributed by atoms with van der Waals surface area (Å²) in [6.07, 6.45) is 8.21. The van der Waals surface area contributed by atoms with Gasteiger partial charge in [0.25, 0.3) is 0 Å². The Hall–Kier alpha value is -1.24. The van der Waals surface area contributed by atoms with Gasteiger partial charge in [-0.15, -0.1) is 0 Å². The van der Waals surface area contributed by atoms with Gasteiger partial charge < -0.3 is 38.6 Å². The van der Waals surface area contributed by atoms with Gasteiger partial charge in [-0.1, -0.05) is 55.4 Å². The van der Waals surface area contributed by atoms with Crippen LogP contribution in [0.5, 0.6) is 0 Å². The van der Waals surface area contributed by atoms with Gasteiger partial charge in [-0.2, -0.15) is 0 Å². The lowest BCUT2D eigenvalue weighted by molar-refractivity contribution is -0.410. The molecular formula is C44H74O10. The second-order valence-corrected chi connectivity index (χ2v) is 18.4. The molecule has 4 fully saturated rings. The van der Waals surface area contributed by atoms with Gasteiger partial charge in [0.1, 0.15) is 17.7 Å². The average Bonchev–Trinajstić information content (AvgIpc) is 3.48. The van der Waals surface area contributed by atoms with E-state index in [1.54, 1.807) is 14.0 Å². The number of methoxy groups -OCH3 is 1. The van der Waals surface area contributed by atoms with E-state index in [0.29, 0.717) is 38.5 Å². The summed E-state index contributed by atoms with van der Waals surface area (Å²) in [5, 5.41) is 22.9. The zero-order valence-electron chi connectivity index (χ0n) is 35.5. The number of rotatable bonds is 13. The molecule has 5 aliphatic rings. The Balaban J connectivity index is 1.33. The third kappa shape index (κ3) is 8.07. The summed E-state index contributed by atoms with van der Waals surface area (Å²) in [7, 11) is 1.66. The van der Waals surface area contributed by atoms with Crippen LogP contribution in [-0.2, 0) is 38.0 Å². The summed E-state index contributed by atoms with van der Waals surface area (Å²) in [6, 6.07) is 0. The van der Waals surface area contributed by atoms with Crippen molar-refractivity contribution in [2.45, 2.75) is 206 Å². The molecule has 0 saturated carbocycles. The first-order chi connectivity index (χ1) is 25.3. The van der Waals surface area contributed by atoms with E-state index in [1.165, 1.54) is 0 Å². The van der Waals surface area contributed by atoms with Crippen molar-refractivity contribution < 1.29 is 48.2 Å². The second kappa shape index (κ2) is 16.9. The predicted molar refractivity (Wildman–Crippen MR) is 206 cm³/mol. The van der Waals surface area contributed by atoms with Gasteiger partial charge in [0.2, 0.25) is 5.79 Å². The Labute approximate surface area is 325 Å². The van der Waals surface area contributed by atoms with Gasteiger partial charge in [0.05, 0.1) is 47.8 Å². The molecule has 2 spiro atoms. The summed E-state index contributed by atoms with van der Waals surface area (Å²) < 4.78 is 40.3. The molecule has 0 aromatic carbocycles. The Morgan fingerprint density at radius 3 is 2.19 bits per heavy atom. The van der Waals surface area contributed by atoms with E-state index in [9.17, 15) is 19.8 Å². The van der Waals surface area contributed by atoms with Gasteiger partial charge in [-0.25, -0.2) is 0 Å². The molecular weight excluding hydrogens is 688 g/mol. The molecule has 4 saturated heterocycles. The number of carbonyl (C=O) groups is 2. The Morgan fingerprint density at radius 2 is 1.59 bits per heavy atom. The average molecular weight is 763 g/mol. The van der Waals surface area contributed by atoms with Gasteiger partial charge >= 0.3 is 0 Å². The van der Waals surface area contributed by atoms with E-state index in [2.05, 4.69) is 27.7 Å². The number of ether oxygens (including phenoxy) is 6. The molecule has 5 rings (SSSR count). The number of aliphatic hydroxyl groups excluding tert-OH is 1. The highest BCUT2D eigenvalue weighted by atomic mass is 16.8. The number of hydrogen-bond donors (Lipinski definition) is 2.